The summed E-state index contributed by atoms with van der Waals surface area (Å²) in [5, 5.41) is 11.5. The smallest absolute Gasteiger partial charge is 0.155 e. The first-order chi connectivity index (χ1) is 5.66. The first kappa shape index (κ1) is 8.64. The molecule has 0 spiro atoms. The van der Waals surface area contributed by atoms with Gasteiger partial charge in [0.1, 0.15) is 10.8 Å². The lowest BCUT2D eigenvalue weighted by Gasteiger charge is -1.99. The van der Waals surface area contributed by atoms with Crippen LogP contribution < -0.4 is 0 Å². The zero-order valence-corrected chi connectivity index (χ0v) is 6.46. The largest absolute Gasteiger partial charge is 0.506 e. The maximum atomic E-state index is 12.9. The highest BCUT2D eigenvalue weighted by Crippen LogP contribution is 2.32. The molecule has 0 radical (unpaired) electrons. The monoisotopic (exact) mass is 187 g/mol. The Morgan fingerprint density at radius 2 is 2.25 bits per heavy atom. The van der Waals surface area contributed by atoms with Crippen molar-refractivity contribution in [3.8, 4) is 5.75 Å². The van der Waals surface area contributed by atoms with E-state index in [1.165, 1.54) is 0 Å². The molecule has 0 aliphatic carbocycles. The minimum atomic E-state index is -0.922. The third-order valence-electron chi connectivity index (χ3n) is 1.19. The minimum Gasteiger partial charge on any atom is -0.506 e. The van der Waals surface area contributed by atoms with E-state index in [-0.39, 0.29) is 11.4 Å². The molecular weight excluding hydrogens is 185 g/mol. The third-order valence-corrected chi connectivity index (χ3v) is 1.55. The van der Waals surface area contributed by atoms with Gasteiger partial charge in [0, 0.05) is 4.91 Å². The van der Waals surface area contributed by atoms with Crippen molar-refractivity contribution in [3.63, 3.8) is 0 Å². The number of hydrogen-bond acceptors (Lipinski definition) is 2. The van der Waals surface area contributed by atoms with Crippen molar-refractivity contribution in [1.29, 1.82) is 0 Å². The third kappa shape index (κ3) is 1.42. The fourth-order valence-corrected chi connectivity index (χ4v) is 0.814. The van der Waals surface area contributed by atoms with Crippen LogP contribution in [-0.4, -0.2) is 5.11 Å². The molecule has 1 aromatic carbocycles. The molecule has 1 N–H and O–H groups in total. The van der Waals surface area contributed by atoms with E-state index < -0.39 is 10.8 Å². The molecule has 0 aromatic heterocycles. The molecule has 62 valence electrons. The van der Waals surface area contributed by atoms with Gasteiger partial charge in [0.2, 0.25) is 0 Å². The predicted molar refractivity (Wildman–Crippen MR) is 41.9 cm³/mol. The predicted octanol–water partition coefficient (Wildman–Crippen LogP) is 3.13. The first-order valence-corrected chi connectivity index (χ1v) is 3.26. The zero-order valence-electron chi connectivity index (χ0n) is 5.70. The molecule has 0 heterocycles. The number of benzene rings is 1. The van der Waals surface area contributed by atoms with Crippen molar-refractivity contribution >= 4 is 17.3 Å². The van der Waals surface area contributed by atoms with Gasteiger partial charge in [-0.2, -0.15) is 0 Å². The molecular formula is C6H3ClFN3O. The lowest BCUT2D eigenvalue weighted by molar-refractivity contribution is 0.470. The summed E-state index contributed by atoms with van der Waals surface area (Å²) in [5.74, 6) is -1.31. The Morgan fingerprint density at radius 1 is 1.58 bits per heavy atom. The van der Waals surface area contributed by atoms with Gasteiger partial charge in [-0.3, -0.25) is 0 Å². The maximum absolute atomic E-state index is 12.9. The van der Waals surface area contributed by atoms with Gasteiger partial charge >= 0.3 is 0 Å². The molecule has 0 amide bonds. The number of hydrogen-bond donors (Lipinski definition) is 1. The fraction of sp³-hybridized carbons (Fsp3) is 0. The molecule has 0 atom stereocenters. The van der Waals surface area contributed by atoms with Crippen LogP contribution in [0.4, 0.5) is 10.1 Å². The Hall–Kier alpha value is -1.45. The number of aromatic hydroxyl groups is 1. The van der Waals surface area contributed by atoms with E-state index in [4.69, 9.17) is 22.2 Å². The van der Waals surface area contributed by atoms with Crippen molar-refractivity contribution in [3.05, 3.63) is 33.4 Å². The van der Waals surface area contributed by atoms with Crippen molar-refractivity contribution in [2.24, 2.45) is 5.11 Å². The summed E-state index contributed by atoms with van der Waals surface area (Å²) in [6.07, 6.45) is 0. The fourth-order valence-electron chi connectivity index (χ4n) is 0.654. The molecule has 0 aliphatic heterocycles. The second-order valence-corrected chi connectivity index (χ2v) is 2.30. The Bertz CT molecular complexity index is 362. The Morgan fingerprint density at radius 3 is 2.83 bits per heavy atom. The molecule has 0 saturated heterocycles. The molecule has 1 rings (SSSR count). The van der Waals surface area contributed by atoms with E-state index in [1.807, 2.05) is 0 Å². The number of phenolic OH excluding ortho intramolecular Hbond substituents is 1. The van der Waals surface area contributed by atoms with E-state index in [0.29, 0.717) is 0 Å². The number of azide groups is 1. The summed E-state index contributed by atoms with van der Waals surface area (Å²) in [7, 11) is 0. The molecule has 0 aliphatic rings. The molecule has 0 unspecified atom stereocenters. The molecule has 6 heteroatoms. The quantitative estimate of drug-likeness (QED) is 0.410. The number of halogens is 2. The SMILES string of the molecule is [N-]=[N+]=Nc1ccc(O)c(Cl)c1F. The molecule has 0 fully saturated rings. The van der Waals surface area contributed by atoms with Gasteiger partial charge in [-0.05, 0) is 17.7 Å². The van der Waals surface area contributed by atoms with E-state index in [9.17, 15) is 4.39 Å². The average Bonchev–Trinajstić information content (AvgIpc) is 2.07. The van der Waals surface area contributed by atoms with Crippen LogP contribution in [0, 0.1) is 5.82 Å². The van der Waals surface area contributed by atoms with Crippen LogP contribution in [0.3, 0.4) is 0 Å². The molecule has 0 bridgehead atoms. The Kier molecular flexibility index (Phi) is 2.38. The van der Waals surface area contributed by atoms with Gasteiger partial charge in [0.05, 0.1) is 5.69 Å². The summed E-state index contributed by atoms with van der Waals surface area (Å²) in [6.45, 7) is 0. The van der Waals surface area contributed by atoms with E-state index in [0.717, 1.165) is 12.1 Å². The van der Waals surface area contributed by atoms with Gasteiger partial charge in [0.25, 0.3) is 0 Å². The van der Waals surface area contributed by atoms with Gasteiger partial charge < -0.3 is 5.11 Å². The number of rotatable bonds is 1. The zero-order chi connectivity index (χ0) is 9.14. The summed E-state index contributed by atoms with van der Waals surface area (Å²) in [4.78, 5) is 2.38. The van der Waals surface area contributed by atoms with Crippen LogP contribution in [0.1, 0.15) is 0 Å². The molecule has 1 aromatic rings. The van der Waals surface area contributed by atoms with Crippen LogP contribution in [0.25, 0.3) is 10.4 Å². The van der Waals surface area contributed by atoms with Crippen molar-refractivity contribution in [1.82, 2.24) is 0 Å². The highest BCUT2D eigenvalue weighted by Gasteiger charge is 2.08. The van der Waals surface area contributed by atoms with E-state index in [1.54, 1.807) is 0 Å². The van der Waals surface area contributed by atoms with Crippen LogP contribution in [0.15, 0.2) is 17.2 Å². The van der Waals surface area contributed by atoms with Crippen LogP contribution in [-0.2, 0) is 0 Å². The summed E-state index contributed by atoms with van der Waals surface area (Å²) in [6, 6.07) is 2.28. The topological polar surface area (TPSA) is 69.0 Å². The van der Waals surface area contributed by atoms with Crippen molar-refractivity contribution in [2.75, 3.05) is 0 Å². The molecule has 12 heavy (non-hydrogen) atoms. The standard InChI is InChI=1S/C6H3ClFN3O/c7-5-4(12)2-1-3(6(5)8)10-11-9/h1-2,12H. The van der Waals surface area contributed by atoms with E-state index >= 15 is 0 Å². The Balaban J connectivity index is 3.35. The second-order valence-electron chi connectivity index (χ2n) is 1.92. The van der Waals surface area contributed by atoms with Gasteiger partial charge in [-0.1, -0.05) is 16.7 Å². The minimum absolute atomic E-state index is 0.236. The van der Waals surface area contributed by atoms with Crippen LogP contribution >= 0.6 is 11.6 Å². The molecule has 4 nitrogen and oxygen atoms in total. The van der Waals surface area contributed by atoms with Crippen LogP contribution in [0.2, 0.25) is 5.02 Å². The lowest BCUT2D eigenvalue weighted by Crippen LogP contribution is -1.77. The van der Waals surface area contributed by atoms with Gasteiger partial charge in [0.15, 0.2) is 5.82 Å². The van der Waals surface area contributed by atoms with Gasteiger partial charge in [-0.15, -0.1) is 0 Å². The maximum Gasteiger partial charge on any atom is 0.155 e. The highest BCUT2D eigenvalue weighted by molar-refractivity contribution is 6.32. The summed E-state index contributed by atoms with van der Waals surface area (Å²) >= 11 is 5.31. The van der Waals surface area contributed by atoms with Gasteiger partial charge in [-0.25, -0.2) is 4.39 Å². The lowest BCUT2D eigenvalue weighted by atomic mass is 10.3. The van der Waals surface area contributed by atoms with Crippen molar-refractivity contribution in [2.45, 2.75) is 0 Å². The highest BCUT2D eigenvalue weighted by atomic mass is 35.5. The van der Waals surface area contributed by atoms with E-state index in [2.05, 4.69) is 10.0 Å². The summed E-state index contributed by atoms with van der Waals surface area (Å²) in [5.41, 5.74) is 7.75. The second kappa shape index (κ2) is 3.30. The summed E-state index contributed by atoms with van der Waals surface area (Å²) < 4.78 is 12.9. The van der Waals surface area contributed by atoms with Crippen LogP contribution in [0.5, 0.6) is 5.75 Å². The first-order valence-electron chi connectivity index (χ1n) is 2.89. The van der Waals surface area contributed by atoms with Crippen molar-refractivity contribution < 1.29 is 9.50 Å². The Labute approximate surface area is 71.8 Å². The number of nitrogens with zero attached hydrogens (tertiary/aromatic N) is 3. The number of phenols is 1. The molecule has 0 saturated carbocycles. The average molecular weight is 188 g/mol. The normalized spacial score (nSPS) is 9.17.